The molecule has 146 valence electrons. The monoisotopic (exact) mass is 410 g/mol. The lowest BCUT2D eigenvalue weighted by Crippen LogP contribution is -2.68. The van der Waals surface area contributed by atoms with Gasteiger partial charge in [0, 0.05) is 34.9 Å². The van der Waals surface area contributed by atoms with Crippen molar-refractivity contribution in [2.24, 2.45) is 0 Å². The molecule has 1 unspecified atom stereocenters. The Morgan fingerprint density at radius 2 is 1.26 bits per heavy atom. The zero-order valence-corrected chi connectivity index (χ0v) is 16.5. The topological polar surface area (TPSA) is 109 Å². The fourth-order valence-electron chi connectivity index (χ4n) is 3.13. The molecule has 0 spiro atoms. The summed E-state index contributed by atoms with van der Waals surface area (Å²) in [5.74, 6) is 2.57. The Hall–Kier alpha value is -1.41. The van der Waals surface area contributed by atoms with Gasteiger partial charge in [0.05, 0.1) is 0 Å². The molecule has 1 saturated carbocycles. The van der Waals surface area contributed by atoms with Crippen molar-refractivity contribution in [1.82, 2.24) is 0 Å². The average Bonchev–Trinajstić information content (AvgIpc) is 2.62. The predicted molar refractivity (Wildman–Crippen MR) is 94.9 cm³/mol. The Bertz CT molecular complexity index is 643. The van der Waals surface area contributed by atoms with Crippen molar-refractivity contribution < 1.29 is 33.7 Å². The van der Waals surface area contributed by atoms with Gasteiger partial charge >= 0.3 is 0 Å². The minimum atomic E-state index is -4.94. The standard InChI is InChI=1S/C20H23OS.ClHO4/c21-19-13-7-8-14-20(19)22(15-17-9-3-1-4-10-17)16-18-11-5-2-6-12-18;2-1(3,4)5/h1-6,9-12,20H,7-8,13-16H2;(H,2,3,4,5)/q+1;/p-1. The average molecular weight is 411 g/mol. The highest BCUT2D eigenvalue weighted by Crippen LogP contribution is 2.28. The van der Waals surface area contributed by atoms with E-state index < -0.39 is 10.2 Å². The van der Waals surface area contributed by atoms with Crippen LogP contribution in [0.5, 0.6) is 0 Å². The quantitative estimate of drug-likeness (QED) is 0.632. The maximum Gasteiger partial charge on any atom is 0.184 e. The number of hydrogen-bond donors (Lipinski definition) is 0. The van der Waals surface area contributed by atoms with Gasteiger partial charge in [0.1, 0.15) is 11.5 Å². The molecule has 0 amide bonds. The van der Waals surface area contributed by atoms with E-state index in [9.17, 15) is 4.79 Å². The van der Waals surface area contributed by atoms with E-state index in [0.717, 1.165) is 30.8 Å². The largest absolute Gasteiger partial charge is 0.294 e. The smallest absolute Gasteiger partial charge is 0.184 e. The molecule has 0 radical (unpaired) electrons. The van der Waals surface area contributed by atoms with Crippen molar-refractivity contribution in [3.63, 3.8) is 0 Å². The van der Waals surface area contributed by atoms with Crippen LogP contribution in [0.2, 0.25) is 0 Å². The molecule has 1 atom stereocenters. The second-order valence-electron chi connectivity index (χ2n) is 6.38. The lowest BCUT2D eigenvalue weighted by Gasteiger charge is -2.22. The molecule has 27 heavy (non-hydrogen) atoms. The van der Waals surface area contributed by atoms with Gasteiger partial charge in [-0.25, -0.2) is 18.6 Å². The summed E-state index contributed by atoms with van der Waals surface area (Å²) in [4.78, 5) is 12.4. The van der Waals surface area contributed by atoms with Gasteiger partial charge in [-0.15, -0.1) is 10.2 Å². The van der Waals surface area contributed by atoms with Crippen LogP contribution in [0.3, 0.4) is 0 Å². The van der Waals surface area contributed by atoms with E-state index >= 15 is 0 Å². The van der Waals surface area contributed by atoms with Gasteiger partial charge in [-0.2, -0.15) is 0 Å². The number of benzene rings is 2. The minimum absolute atomic E-state index is 0.107. The summed E-state index contributed by atoms with van der Waals surface area (Å²) in [5.41, 5.74) is 2.72. The summed E-state index contributed by atoms with van der Waals surface area (Å²) >= 11 is 0. The van der Waals surface area contributed by atoms with Crippen molar-refractivity contribution in [3.8, 4) is 0 Å². The predicted octanol–water partition coefficient (Wildman–Crippen LogP) is -0.239. The zero-order chi connectivity index (χ0) is 19.7. The second kappa shape index (κ2) is 10.8. The fraction of sp³-hybridized carbons (Fsp3) is 0.350. The number of carbonyl (C=O) groups is 1. The van der Waals surface area contributed by atoms with Crippen LogP contribution < -0.4 is 18.6 Å². The Morgan fingerprint density at radius 1 is 0.815 bits per heavy atom. The molecule has 1 aliphatic carbocycles. The summed E-state index contributed by atoms with van der Waals surface area (Å²) in [6, 6.07) is 21.3. The van der Waals surface area contributed by atoms with Crippen molar-refractivity contribution >= 4 is 16.7 Å². The summed E-state index contributed by atoms with van der Waals surface area (Å²) in [6.07, 6.45) is 4.17. The molecule has 7 heteroatoms. The van der Waals surface area contributed by atoms with E-state index in [2.05, 4.69) is 60.7 Å². The molecule has 0 aromatic heterocycles. The maximum atomic E-state index is 12.4. The van der Waals surface area contributed by atoms with E-state index in [-0.39, 0.29) is 16.1 Å². The van der Waals surface area contributed by atoms with Crippen LogP contribution in [0.4, 0.5) is 0 Å². The van der Waals surface area contributed by atoms with Crippen molar-refractivity contribution in [2.45, 2.75) is 42.4 Å². The maximum absolute atomic E-state index is 12.4. The highest BCUT2D eigenvalue weighted by Gasteiger charge is 2.38. The minimum Gasteiger partial charge on any atom is -0.294 e. The van der Waals surface area contributed by atoms with Gasteiger partial charge < -0.3 is 0 Å². The Morgan fingerprint density at radius 3 is 1.67 bits per heavy atom. The van der Waals surface area contributed by atoms with E-state index in [1.54, 1.807) is 0 Å². The molecule has 0 bridgehead atoms. The molecular weight excluding hydrogens is 388 g/mol. The lowest BCUT2D eigenvalue weighted by molar-refractivity contribution is -2.00. The number of hydrogen-bond acceptors (Lipinski definition) is 5. The highest BCUT2D eigenvalue weighted by molar-refractivity contribution is 7.96. The van der Waals surface area contributed by atoms with Gasteiger partial charge in [-0.1, -0.05) is 60.7 Å². The van der Waals surface area contributed by atoms with Crippen LogP contribution in [-0.4, -0.2) is 11.0 Å². The third-order valence-electron chi connectivity index (χ3n) is 4.29. The number of carbonyl (C=O) groups excluding carboxylic acids is 1. The highest BCUT2D eigenvalue weighted by atomic mass is 35.7. The van der Waals surface area contributed by atoms with Gasteiger partial charge in [-0.3, -0.25) is 4.79 Å². The molecule has 1 aliphatic rings. The zero-order valence-electron chi connectivity index (χ0n) is 14.9. The van der Waals surface area contributed by atoms with E-state index in [4.69, 9.17) is 18.6 Å². The third kappa shape index (κ3) is 8.88. The molecule has 3 rings (SSSR count). The lowest BCUT2D eigenvalue weighted by atomic mass is 9.99. The van der Waals surface area contributed by atoms with Crippen LogP contribution in [0.25, 0.3) is 0 Å². The number of Topliss-reactive ketones (excluding diaryl/α,β-unsaturated/α-hetero) is 1. The molecular formula is C20H23ClO5S. The second-order valence-corrected chi connectivity index (χ2v) is 9.35. The van der Waals surface area contributed by atoms with E-state index in [0.29, 0.717) is 5.78 Å². The molecule has 2 aromatic carbocycles. The first kappa shape index (κ1) is 21.9. The molecule has 0 saturated heterocycles. The Balaban J connectivity index is 0.000000465. The molecule has 2 aromatic rings. The van der Waals surface area contributed by atoms with Crippen LogP contribution in [0.1, 0.15) is 36.8 Å². The first-order valence-electron chi connectivity index (χ1n) is 8.71. The van der Waals surface area contributed by atoms with E-state index in [1.165, 1.54) is 17.5 Å². The first-order valence-corrected chi connectivity index (χ1v) is 11.6. The van der Waals surface area contributed by atoms with Gasteiger partial charge in [0.15, 0.2) is 11.0 Å². The number of halogens is 1. The third-order valence-corrected chi connectivity index (χ3v) is 7.00. The molecule has 1 fully saturated rings. The number of rotatable bonds is 5. The van der Waals surface area contributed by atoms with Gasteiger partial charge in [0.25, 0.3) is 0 Å². The normalized spacial score (nSPS) is 17.4. The molecule has 0 N–H and O–H groups in total. The summed E-state index contributed by atoms with van der Waals surface area (Å²) in [6.45, 7) is 0. The van der Waals surface area contributed by atoms with Gasteiger partial charge in [-0.05, 0) is 12.8 Å². The molecule has 0 aliphatic heterocycles. The van der Waals surface area contributed by atoms with Crippen molar-refractivity contribution in [2.75, 3.05) is 0 Å². The summed E-state index contributed by atoms with van der Waals surface area (Å²) in [5, 5.41) is 0.272. The van der Waals surface area contributed by atoms with Crippen LogP contribution in [-0.2, 0) is 27.2 Å². The molecule has 0 heterocycles. The van der Waals surface area contributed by atoms with Crippen LogP contribution in [0, 0.1) is 10.2 Å². The fourth-order valence-corrected chi connectivity index (χ4v) is 5.87. The summed E-state index contributed by atoms with van der Waals surface area (Å²) < 4.78 is 34.0. The SMILES string of the molecule is O=C1CCCCC1[S+](Cc1ccccc1)Cc1ccccc1.[O-][Cl+3]([O-])([O-])[O-]. The Labute approximate surface area is 164 Å². The van der Waals surface area contributed by atoms with Crippen molar-refractivity contribution in [3.05, 3.63) is 71.8 Å². The van der Waals surface area contributed by atoms with Crippen LogP contribution in [0.15, 0.2) is 60.7 Å². The Kier molecular flexibility index (Phi) is 8.76. The first-order chi connectivity index (χ1) is 12.8. The van der Waals surface area contributed by atoms with E-state index in [1.807, 2.05) is 0 Å². The van der Waals surface area contributed by atoms with Crippen LogP contribution >= 0.6 is 0 Å². The molecule has 5 nitrogen and oxygen atoms in total. The summed E-state index contributed by atoms with van der Waals surface area (Å²) in [7, 11) is -4.84. The van der Waals surface area contributed by atoms with Gasteiger partial charge in [0.2, 0.25) is 0 Å². The number of ketones is 1. The van der Waals surface area contributed by atoms with Crippen molar-refractivity contribution in [1.29, 1.82) is 0 Å².